The molecule has 0 saturated carbocycles. The van der Waals surface area contributed by atoms with Gasteiger partial charge in [0.05, 0.1) is 12.3 Å². The first kappa shape index (κ1) is 13.5. The van der Waals surface area contributed by atoms with E-state index < -0.39 is 5.54 Å². The smallest absolute Gasteiger partial charge is 0.332 e. The molecular weight excluding hydrogens is 216 g/mol. The van der Waals surface area contributed by atoms with E-state index >= 15 is 0 Å². The van der Waals surface area contributed by atoms with E-state index in [1.165, 1.54) is 0 Å². The Kier molecular flexibility index (Phi) is 4.52. The highest BCUT2D eigenvalue weighted by Crippen LogP contribution is 2.22. The number of nitrogens with one attached hydrogen (secondary N) is 1. The van der Waals surface area contributed by atoms with Crippen LogP contribution >= 0.6 is 0 Å². The van der Waals surface area contributed by atoms with Gasteiger partial charge in [-0.15, -0.1) is 0 Å². The number of ether oxygens (including phenoxy) is 1. The molecule has 0 atom stereocenters. The predicted molar refractivity (Wildman–Crippen MR) is 68.7 cm³/mol. The van der Waals surface area contributed by atoms with Gasteiger partial charge in [-0.3, -0.25) is 5.01 Å². The number of carbonyl (C=O) groups is 1. The summed E-state index contributed by atoms with van der Waals surface area (Å²) < 4.78 is 5.09. The summed E-state index contributed by atoms with van der Waals surface area (Å²) in [6.07, 6.45) is 0. The van der Waals surface area contributed by atoms with Crippen LogP contribution in [0, 0.1) is 0 Å². The number of para-hydroxylation sites is 1. The van der Waals surface area contributed by atoms with Crippen LogP contribution in [-0.4, -0.2) is 25.2 Å². The number of carbonyl (C=O) groups excluding carboxylic acids is 1. The molecule has 1 rings (SSSR count). The van der Waals surface area contributed by atoms with Crippen molar-refractivity contribution < 1.29 is 9.53 Å². The Bertz CT molecular complexity index is 363. The number of anilines is 1. The lowest BCUT2D eigenvalue weighted by atomic mass is 10.0. The molecule has 0 fully saturated rings. The first-order valence-electron chi connectivity index (χ1n) is 5.74. The topological polar surface area (TPSA) is 41.6 Å². The fraction of sp³-hybridized carbons (Fsp3) is 0.462. The van der Waals surface area contributed by atoms with E-state index in [2.05, 4.69) is 5.43 Å². The van der Waals surface area contributed by atoms with Crippen LogP contribution < -0.4 is 10.4 Å². The molecule has 0 radical (unpaired) electrons. The molecule has 0 bridgehead atoms. The van der Waals surface area contributed by atoms with E-state index in [1.807, 2.05) is 44.2 Å². The SMILES string of the molecule is CCOC(=O)C(C)(C)N(NC)c1ccccc1. The number of esters is 1. The van der Waals surface area contributed by atoms with Crippen molar-refractivity contribution in [2.24, 2.45) is 0 Å². The Labute approximate surface area is 103 Å². The van der Waals surface area contributed by atoms with Gasteiger partial charge in [0.15, 0.2) is 0 Å². The summed E-state index contributed by atoms with van der Waals surface area (Å²) in [4.78, 5) is 11.9. The lowest BCUT2D eigenvalue weighted by molar-refractivity contribution is -0.148. The molecule has 17 heavy (non-hydrogen) atoms. The van der Waals surface area contributed by atoms with E-state index in [4.69, 9.17) is 4.74 Å². The van der Waals surface area contributed by atoms with Gasteiger partial charge in [-0.05, 0) is 32.9 Å². The van der Waals surface area contributed by atoms with Gasteiger partial charge in [-0.1, -0.05) is 18.2 Å². The molecule has 0 amide bonds. The third-order valence-corrected chi connectivity index (χ3v) is 2.57. The molecule has 0 unspecified atom stereocenters. The summed E-state index contributed by atoms with van der Waals surface area (Å²) in [6, 6.07) is 9.69. The highest BCUT2D eigenvalue weighted by Gasteiger charge is 2.36. The summed E-state index contributed by atoms with van der Waals surface area (Å²) in [5, 5.41) is 1.80. The van der Waals surface area contributed by atoms with Gasteiger partial charge in [0.2, 0.25) is 0 Å². The Morgan fingerprint density at radius 1 is 1.35 bits per heavy atom. The van der Waals surface area contributed by atoms with Crippen molar-refractivity contribution >= 4 is 11.7 Å². The minimum absolute atomic E-state index is 0.252. The van der Waals surface area contributed by atoms with Crippen LogP contribution in [0.15, 0.2) is 30.3 Å². The molecule has 1 aromatic carbocycles. The zero-order chi connectivity index (χ0) is 12.9. The molecule has 0 spiro atoms. The van der Waals surface area contributed by atoms with Crippen LogP contribution in [-0.2, 0) is 9.53 Å². The Hall–Kier alpha value is -1.55. The summed E-state index contributed by atoms with van der Waals surface area (Å²) in [5.74, 6) is -0.252. The van der Waals surface area contributed by atoms with Gasteiger partial charge in [-0.2, -0.15) is 0 Å². The van der Waals surface area contributed by atoms with Crippen molar-refractivity contribution in [3.05, 3.63) is 30.3 Å². The maximum atomic E-state index is 11.9. The van der Waals surface area contributed by atoms with Gasteiger partial charge in [-0.25, -0.2) is 10.2 Å². The minimum atomic E-state index is -0.758. The molecule has 0 heterocycles. The van der Waals surface area contributed by atoms with E-state index in [1.54, 1.807) is 19.0 Å². The van der Waals surface area contributed by atoms with Gasteiger partial charge in [0.1, 0.15) is 5.54 Å². The highest BCUT2D eigenvalue weighted by atomic mass is 16.5. The van der Waals surface area contributed by atoms with Crippen molar-refractivity contribution in [3.63, 3.8) is 0 Å². The van der Waals surface area contributed by atoms with Crippen LogP contribution in [0.1, 0.15) is 20.8 Å². The molecule has 0 saturated heterocycles. The van der Waals surface area contributed by atoms with Gasteiger partial charge in [0, 0.05) is 7.05 Å². The van der Waals surface area contributed by atoms with Crippen molar-refractivity contribution in [1.29, 1.82) is 0 Å². The van der Waals surface area contributed by atoms with Crippen molar-refractivity contribution in [2.45, 2.75) is 26.3 Å². The molecule has 94 valence electrons. The van der Waals surface area contributed by atoms with Gasteiger partial charge >= 0.3 is 5.97 Å². The first-order valence-corrected chi connectivity index (χ1v) is 5.74. The number of hydrogen-bond acceptors (Lipinski definition) is 4. The summed E-state index contributed by atoms with van der Waals surface area (Å²) in [6.45, 7) is 5.85. The second-order valence-electron chi connectivity index (χ2n) is 4.17. The molecule has 1 N–H and O–H groups in total. The van der Waals surface area contributed by atoms with Crippen molar-refractivity contribution in [2.75, 3.05) is 18.7 Å². The largest absolute Gasteiger partial charge is 0.464 e. The molecule has 0 aromatic heterocycles. The Balaban J connectivity index is 2.97. The van der Waals surface area contributed by atoms with Gasteiger partial charge in [0.25, 0.3) is 0 Å². The molecular formula is C13H20N2O2. The highest BCUT2D eigenvalue weighted by molar-refractivity contribution is 5.84. The van der Waals surface area contributed by atoms with E-state index in [0.717, 1.165) is 5.69 Å². The quantitative estimate of drug-likeness (QED) is 0.627. The summed E-state index contributed by atoms with van der Waals surface area (Å²) in [7, 11) is 1.79. The third kappa shape index (κ3) is 2.97. The standard InChI is InChI=1S/C13H20N2O2/c1-5-17-12(16)13(2,3)15(14-4)11-9-7-6-8-10-11/h6-10,14H,5H2,1-4H3. The molecule has 1 aromatic rings. The fourth-order valence-electron chi connectivity index (χ4n) is 1.71. The number of hydrogen-bond donors (Lipinski definition) is 1. The first-order chi connectivity index (χ1) is 8.04. The van der Waals surface area contributed by atoms with Crippen LogP contribution in [0.2, 0.25) is 0 Å². The number of benzene rings is 1. The zero-order valence-corrected chi connectivity index (χ0v) is 10.9. The Morgan fingerprint density at radius 3 is 2.41 bits per heavy atom. The van der Waals surface area contributed by atoms with Crippen molar-refractivity contribution in [3.8, 4) is 0 Å². The maximum absolute atomic E-state index is 11.9. The lowest BCUT2D eigenvalue weighted by Crippen LogP contribution is -2.56. The average Bonchev–Trinajstić information content (AvgIpc) is 2.31. The lowest BCUT2D eigenvalue weighted by Gasteiger charge is -2.37. The third-order valence-electron chi connectivity index (χ3n) is 2.57. The normalized spacial score (nSPS) is 11.1. The minimum Gasteiger partial charge on any atom is -0.464 e. The number of rotatable bonds is 5. The van der Waals surface area contributed by atoms with E-state index in [9.17, 15) is 4.79 Å². The summed E-state index contributed by atoms with van der Waals surface area (Å²) >= 11 is 0. The van der Waals surface area contributed by atoms with Crippen molar-refractivity contribution in [1.82, 2.24) is 5.43 Å². The molecule has 4 nitrogen and oxygen atoms in total. The zero-order valence-electron chi connectivity index (χ0n) is 10.9. The monoisotopic (exact) mass is 236 g/mol. The molecule has 0 aliphatic heterocycles. The molecule has 4 heteroatoms. The number of hydrazine groups is 1. The number of nitrogens with zero attached hydrogens (tertiary/aromatic N) is 1. The average molecular weight is 236 g/mol. The van der Waals surface area contributed by atoms with Crippen LogP contribution in [0.3, 0.4) is 0 Å². The molecule has 0 aliphatic carbocycles. The predicted octanol–water partition coefficient (Wildman–Crippen LogP) is 1.97. The van der Waals surface area contributed by atoms with E-state index in [0.29, 0.717) is 6.61 Å². The van der Waals surface area contributed by atoms with E-state index in [-0.39, 0.29) is 5.97 Å². The second-order valence-corrected chi connectivity index (χ2v) is 4.17. The Morgan fingerprint density at radius 2 is 1.94 bits per heavy atom. The van der Waals surface area contributed by atoms with Crippen LogP contribution in [0.25, 0.3) is 0 Å². The summed E-state index contributed by atoms with van der Waals surface area (Å²) in [5.41, 5.74) is 3.20. The van der Waals surface area contributed by atoms with Crippen LogP contribution in [0.4, 0.5) is 5.69 Å². The van der Waals surface area contributed by atoms with Crippen LogP contribution in [0.5, 0.6) is 0 Å². The fourth-order valence-corrected chi connectivity index (χ4v) is 1.71. The van der Waals surface area contributed by atoms with Gasteiger partial charge < -0.3 is 4.74 Å². The second kappa shape index (κ2) is 5.68. The molecule has 0 aliphatic rings. The maximum Gasteiger partial charge on any atom is 0.332 e.